The SMILES string of the molecule is Cc1nccc(-c2cccc(NC(=O)/C=C/c3ccc(Cl)cc3)c2)n1. The third kappa shape index (κ3) is 4.75. The zero-order valence-electron chi connectivity index (χ0n) is 13.6. The number of halogens is 1. The molecule has 0 radical (unpaired) electrons. The van der Waals surface area contributed by atoms with Crippen LogP contribution in [-0.2, 0) is 4.79 Å². The van der Waals surface area contributed by atoms with Crippen molar-refractivity contribution in [2.24, 2.45) is 0 Å². The summed E-state index contributed by atoms with van der Waals surface area (Å²) < 4.78 is 0. The molecule has 25 heavy (non-hydrogen) atoms. The van der Waals surface area contributed by atoms with E-state index in [1.54, 1.807) is 24.4 Å². The van der Waals surface area contributed by atoms with Gasteiger partial charge in [0, 0.05) is 28.5 Å². The first kappa shape index (κ1) is 16.9. The zero-order chi connectivity index (χ0) is 17.6. The molecule has 124 valence electrons. The lowest BCUT2D eigenvalue weighted by Gasteiger charge is -2.06. The predicted octanol–water partition coefficient (Wildman–Crippen LogP) is 4.76. The van der Waals surface area contributed by atoms with Crippen LogP contribution in [0.4, 0.5) is 5.69 Å². The number of nitrogens with one attached hydrogen (secondary N) is 1. The molecule has 0 saturated carbocycles. The van der Waals surface area contributed by atoms with E-state index in [2.05, 4.69) is 15.3 Å². The first-order chi connectivity index (χ1) is 12.1. The molecule has 1 N–H and O–H groups in total. The quantitative estimate of drug-likeness (QED) is 0.691. The summed E-state index contributed by atoms with van der Waals surface area (Å²) in [6, 6.07) is 16.7. The second kappa shape index (κ2) is 7.73. The molecular formula is C20H16ClN3O. The molecule has 0 bridgehead atoms. The largest absolute Gasteiger partial charge is 0.322 e. The number of aromatic nitrogens is 2. The summed E-state index contributed by atoms with van der Waals surface area (Å²) in [6.45, 7) is 1.84. The Hall–Kier alpha value is -2.98. The lowest BCUT2D eigenvalue weighted by Crippen LogP contribution is -2.07. The topological polar surface area (TPSA) is 54.9 Å². The van der Waals surface area contributed by atoms with Gasteiger partial charge in [-0.25, -0.2) is 9.97 Å². The minimum atomic E-state index is -0.203. The smallest absolute Gasteiger partial charge is 0.248 e. The molecule has 1 heterocycles. The van der Waals surface area contributed by atoms with Crippen LogP contribution in [0.5, 0.6) is 0 Å². The summed E-state index contributed by atoms with van der Waals surface area (Å²) in [7, 11) is 0. The summed E-state index contributed by atoms with van der Waals surface area (Å²) in [5.41, 5.74) is 3.36. The average molecular weight is 350 g/mol. The molecule has 0 fully saturated rings. The number of rotatable bonds is 4. The van der Waals surface area contributed by atoms with Crippen molar-refractivity contribution in [3.63, 3.8) is 0 Å². The molecule has 0 aliphatic carbocycles. The highest BCUT2D eigenvalue weighted by Crippen LogP contribution is 2.20. The van der Waals surface area contributed by atoms with Gasteiger partial charge in [-0.05, 0) is 48.9 Å². The van der Waals surface area contributed by atoms with Crippen LogP contribution < -0.4 is 5.32 Å². The van der Waals surface area contributed by atoms with Crippen molar-refractivity contribution < 1.29 is 4.79 Å². The van der Waals surface area contributed by atoms with Gasteiger partial charge in [-0.2, -0.15) is 0 Å². The second-order valence-corrected chi connectivity index (χ2v) is 5.88. The number of nitrogens with zero attached hydrogens (tertiary/aromatic N) is 2. The number of carbonyl (C=O) groups excluding carboxylic acids is 1. The van der Waals surface area contributed by atoms with E-state index in [0.29, 0.717) is 16.5 Å². The van der Waals surface area contributed by atoms with Crippen LogP contribution >= 0.6 is 11.6 Å². The van der Waals surface area contributed by atoms with E-state index in [9.17, 15) is 4.79 Å². The highest BCUT2D eigenvalue weighted by atomic mass is 35.5. The molecule has 0 atom stereocenters. The first-order valence-electron chi connectivity index (χ1n) is 7.75. The highest BCUT2D eigenvalue weighted by molar-refractivity contribution is 6.30. The van der Waals surface area contributed by atoms with Crippen molar-refractivity contribution >= 4 is 29.3 Å². The van der Waals surface area contributed by atoms with E-state index >= 15 is 0 Å². The lowest BCUT2D eigenvalue weighted by atomic mass is 10.1. The molecule has 0 spiro atoms. The maximum Gasteiger partial charge on any atom is 0.248 e. The molecule has 1 aromatic heterocycles. The minimum Gasteiger partial charge on any atom is -0.322 e. The Kier molecular flexibility index (Phi) is 5.21. The minimum absolute atomic E-state index is 0.203. The van der Waals surface area contributed by atoms with Crippen molar-refractivity contribution in [3.8, 4) is 11.3 Å². The number of anilines is 1. The molecule has 5 heteroatoms. The van der Waals surface area contributed by atoms with Crippen LogP contribution in [0.15, 0.2) is 66.9 Å². The third-order valence-electron chi connectivity index (χ3n) is 3.50. The highest BCUT2D eigenvalue weighted by Gasteiger charge is 2.03. The number of hydrogen-bond acceptors (Lipinski definition) is 3. The zero-order valence-corrected chi connectivity index (χ0v) is 14.4. The van der Waals surface area contributed by atoms with Crippen molar-refractivity contribution in [1.82, 2.24) is 9.97 Å². The first-order valence-corrected chi connectivity index (χ1v) is 8.13. The van der Waals surface area contributed by atoms with Crippen LogP contribution in [0.2, 0.25) is 5.02 Å². The monoisotopic (exact) mass is 349 g/mol. The fourth-order valence-electron chi connectivity index (χ4n) is 2.30. The van der Waals surface area contributed by atoms with Crippen molar-refractivity contribution in [2.45, 2.75) is 6.92 Å². The Labute approximate surface area is 151 Å². The molecule has 0 aliphatic heterocycles. The van der Waals surface area contributed by atoms with Crippen LogP contribution in [0.3, 0.4) is 0 Å². The van der Waals surface area contributed by atoms with Crippen molar-refractivity contribution in [3.05, 3.63) is 83.3 Å². The van der Waals surface area contributed by atoms with Crippen LogP contribution in [0.25, 0.3) is 17.3 Å². The summed E-state index contributed by atoms with van der Waals surface area (Å²) in [4.78, 5) is 20.6. The Balaban J connectivity index is 1.71. The van der Waals surface area contributed by atoms with Gasteiger partial charge >= 0.3 is 0 Å². The third-order valence-corrected chi connectivity index (χ3v) is 3.75. The summed E-state index contributed by atoms with van der Waals surface area (Å²) in [6.07, 6.45) is 4.95. The van der Waals surface area contributed by atoms with E-state index in [0.717, 1.165) is 16.8 Å². The fourth-order valence-corrected chi connectivity index (χ4v) is 2.43. The molecule has 0 aliphatic rings. The number of carbonyl (C=O) groups is 1. The van der Waals surface area contributed by atoms with Gasteiger partial charge in [-0.1, -0.05) is 35.9 Å². The van der Waals surface area contributed by atoms with Gasteiger partial charge in [0.1, 0.15) is 5.82 Å². The lowest BCUT2D eigenvalue weighted by molar-refractivity contribution is -0.111. The predicted molar refractivity (Wildman–Crippen MR) is 101 cm³/mol. The van der Waals surface area contributed by atoms with E-state index < -0.39 is 0 Å². The summed E-state index contributed by atoms with van der Waals surface area (Å²) >= 11 is 5.84. The molecule has 4 nitrogen and oxygen atoms in total. The molecule has 0 unspecified atom stereocenters. The maximum atomic E-state index is 12.1. The van der Waals surface area contributed by atoms with Crippen LogP contribution in [0, 0.1) is 6.92 Å². The Bertz CT molecular complexity index is 920. The maximum absolute atomic E-state index is 12.1. The van der Waals surface area contributed by atoms with E-state index in [1.165, 1.54) is 6.08 Å². The van der Waals surface area contributed by atoms with Crippen LogP contribution in [-0.4, -0.2) is 15.9 Å². The Morgan fingerprint density at radius 1 is 1.12 bits per heavy atom. The molecule has 3 rings (SSSR count). The van der Waals surface area contributed by atoms with Crippen LogP contribution in [0.1, 0.15) is 11.4 Å². The van der Waals surface area contributed by atoms with Gasteiger partial charge in [0.05, 0.1) is 5.69 Å². The average Bonchev–Trinajstić information content (AvgIpc) is 2.61. The van der Waals surface area contributed by atoms with Gasteiger partial charge in [0.2, 0.25) is 5.91 Å². The molecule has 3 aromatic rings. The summed E-state index contributed by atoms with van der Waals surface area (Å²) in [5.74, 6) is 0.504. The Morgan fingerprint density at radius 3 is 2.68 bits per heavy atom. The van der Waals surface area contributed by atoms with E-state index in [4.69, 9.17) is 11.6 Å². The van der Waals surface area contributed by atoms with Crippen molar-refractivity contribution in [2.75, 3.05) is 5.32 Å². The van der Waals surface area contributed by atoms with Gasteiger partial charge in [0.25, 0.3) is 0 Å². The van der Waals surface area contributed by atoms with E-state index in [-0.39, 0.29) is 5.91 Å². The molecule has 1 amide bonds. The number of aryl methyl sites for hydroxylation is 1. The van der Waals surface area contributed by atoms with Crippen molar-refractivity contribution in [1.29, 1.82) is 0 Å². The standard InChI is InChI=1S/C20H16ClN3O/c1-14-22-12-11-19(23-14)16-3-2-4-18(13-16)24-20(25)10-7-15-5-8-17(21)9-6-15/h2-13H,1H3,(H,24,25)/b10-7+. The van der Waals surface area contributed by atoms with Gasteiger partial charge in [0.15, 0.2) is 0 Å². The summed E-state index contributed by atoms with van der Waals surface area (Å²) in [5, 5.41) is 3.52. The molecular weight excluding hydrogens is 334 g/mol. The second-order valence-electron chi connectivity index (χ2n) is 5.44. The van der Waals surface area contributed by atoms with Gasteiger partial charge in [-0.15, -0.1) is 0 Å². The Morgan fingerprint density at radius 2 is 1.92 bits per heavy atom. The number of benzene rings is 2. The molecule has 2 aromatic carbocycles. The molecule has 0 saturated heterocycles. The van der Waals surface area contributed by atoms with E-state index in [1.807, 2.05) is 49.4 Å². The fraction of sp³-hybridized carbons (Fsp3) is 0.0500. The normalized spacial score (nSPS) is 10.8. The number of hydrogen-bond donors (Lipinski definition) is 1. The number of amides is 1. The van der Waals surface area contributed by atoms with Gasteiger partial charge in [-0.3, -0.25) is 4.79 Å². The van der Waals surface area contributed by atoms with Gasteiger partial charge < -0.3 is 5.32 Å².